The molecule has 0 unspecified atom stereocenters. The van der Waals surface area contributed by atoms with Crippen LogP contribution in [-0.4, -0.2) is 41.3 Å². The molecule has 0 radical (unpaired) electrons. The second-order valence-electron chi connectivity index (χ2n) is 9.34. The van der Waals surface area contributed by atoms with Gasteiger partial charge in [0.15, 0.2) is 5.11 Å². The summed E-state index contributed by atoms with van der Waals surface area (Å²) in [7, 11) is 4.15. The van der Waals surface area contributed by atoms with Crippen LogP contribution >= 0.6 is 12.2 Å². The highest BCUT2D eigenvalue weighted by molar-refractivity contribution is 7.80. The monoisotopic (exact) mass is 452 g/mol. The molecule has 2 aromatic rings. The lowest BCUT2D eigenvalue weighted by molar-refractivity contribution is 0.385. The first kappa shape index (κ1) is 22.8. The Morgan fingerprint density at radius 2 is 1.75 bits per heavy atom. The molecule has 1 aromatic heterocycles. The summed E-state index contributed by atoms with van der Waals surface area (Å²) in [6.45, 7) is 2.90. The van der Waals surface area contributed by atoms with Gasteiger partial charge in [0.2, 0.25) is 5.95 Å². The minimum atomic E-state index is 0.415. The van der Waals surface area contributed by atoms with Gasteiger partial charge in [-0.15, -0.1) is 0 Å². The molecule has 172 valence electrons. The third-order valence-corrected chi connectivity index (χ3v) is 6.94. The Balaban J connectivity index is 1.26. The highest BCUT2D eigenvalue weighted by Crippen LogP contribution is 2.29. The maximum Gasteiger partial charge on any atom is 0.225 e. The van der Waals surface area contributed by atoms with Crippen molar-refractivity contribution in [2.24, 2.45) is 0 Å². The number of benzene rings is 1. The van der Waals surface area contributed by atoms with Crippen molar-refractivity contribution in [2.75, 3.05) is 24.3 Å². The van der Waals surface area contributed by atoms with E-state index in [1.807, 2.05) is 0 Å². The van der Waals surface area contributed by atoms with Crippen molar-refractivity contribution in [3.05, 3.63) is 46.6 Å². The number of hydrogen-bond acceptors (Lipinski definition) is 5. The molecular formula is C25H36N6S. The van der Waals surface area contributed by atoms with Gasteiger partial charge in [-0.1, -0.05) is 24.3 Å². The van der Waals surface area contributed by atoms with Gasteiger partial charge < -0.3 is 20.9 Å². The number of nitrogens with one attached hydrogen (secondary N) is 3. The molecular weight excluding hydrogens is 416 g/mol. The Hall–Kier alpha value is -2.41. The average Bonchev–Trinajstić information content (AvgIpc) is 2.79. The van der Waals surface area contributed by atoms with Gasteiger partial charge in [-0.25, -0.2) is 4.98 Å². The van der Waals surface area contributed by atoms with E-state index in [0.717, 1.165) is 61.9 Å². The molecule has 1 fully saturated rings. The Labute approximate surface area is 197 Å². The molecule has 2 aliphatic rings. The van der Waals surface area contributed by atoms with E-state index in [4.69, 9.17) is 22.2 Å². The van der Waals surface area contributed by atoms with Gasteiger partial charge in [-0.05, 0) is 81.6 Å². The van der Waals surface area contributed by atoms with Crippen LogP contribution in [0.15, 0.2) is 24.3 Å². The average molecular weight is 453 g/mol. The molecule has 6 nitrogen and oxygen atoms in total. The molecule has 1 saturated carbocycles. The molecule has 0 saturated heterocycles. The van der Waals surface area contributed by atoms with Crippen LogP contribution in [-0.2, 0) is 19.4 Å². The summed E-state index contributed by atoms with van der Waals surface area (Å²) < 4.78 is 0. The SMILES string of the molecule is Cc1ccccc1CNC(=S)NC1CCC(Nc2nc3c(c(N(C)C)n2)CCCC3)CC1. The van der Waals surface area contributed by atoms with E-state index < -0.39 is 0 Å². The molecule has 3 N–H and O–H groups in total. The molecule has 0 bridgehead atoms. The van der Waals surface area contributed by atoms with Gasteiger partial charge in [-0.3, -0.25) is 0 Å². The minimum Gasteiger partial charge on any atom is -0.362 e. The number of nitrogens with zero attached hydrogens (tertiary/aromatic N) is 3. The zero-order chi connectivity index (χ0) is 22.5. The number of rotatable bonds is 6. The summed E-state index contributed by atoms with van der Waals surface area (Å²) in [5.74, 6) is 1.87. The van der Waals surface area contributed by atoms with Gasteiger partial charge in [0.25, 0.3) is 0 Å². The third kappa shape index (κ3) is 5.68. The summed E-state index contributed by atoms with van der Waals surface area (Å²) in [5.41, 5.74) is 5.15. The van der Waals surface area contributed by atoms with Gasteiger partial charge in [0, 0.05) is 38.3 Å². The fraction of sp³-hybridized carbons (Fsp3) is 0.560. The van der Waals surface area contributed by atoms with Crippen LogP contribution in [0, 0.1) is 6.92 Å². The summed E-state index contributed by atoms with van der Waals surface area (Å²) in [4.78, 5) is 11.9. The lowest BCUT2D eigenvalue weighted by Gasteiger charge is -2.31. The molecule has 0 atom stereocenters. The third-order valence-electron chi connectivity index (χ3n) is 6.68. The van der Waals surface area contributed by atoms with Crippen molar-refractivity contribution in [3.8, 4) is 0 Å². The number of hydrogen-bond donors (Lipinski definition) is 3. The van der Waals surface area contributed by atoms with Crippen molar-refractivity contribution in [1.82, 2.24) is 20.6 Å². The van der Waals surface area contributed by atoms with Gasteiger partial charge in [0.05, 0.1) is 5.69 Å². The normalized spacial score (nSPS) is 20.2. The van der Waals surface area contributed by atoms with Crippen LogP contribution in [0.5, 0.6) is 0 Å². The summed E-state index contributed by atoms with van der Waals surface area (Å²) in [6.07, 6.45) is 9.00. The maximum absolute atomic E-state index is 5.54. The minimum absolute atomic E-state index is 0.415. The van der Waals surface area contributed by atoms with Crippen LogP contribution in [0.4, 0.5) is 11.8 Å². The molecule has 1 heterocycles. The van der Waals surface area contributed by atoms with E-state index in [0.29, 0.717) is 12.1 Å². The summed E-state index contributed by atoms with van der Waals surface area (Å²) >= 11 is 5.54. The van der Waals surface area contributed by atoms with Crippen molar-refractivity contribution >= 4 is 29.1 Å². The van der Waals surface area contributed by atoms with Crippen molar-refractivity contribution < 1.29 is 0 Å². The predicted molar refractivity (Wildman–Crippen MR) is 136 cm³/mol. The van der Waals surface area contributed by atoms with E-state index in [1.165, 1.54) is 35.2 Å². The Bertz CT molecular complexity index is 936. The number of aromatic nitrogens is 2. The van der Waals surface area contributed by atoms with Crippen LogP contribution in [0.3, 0.4) is 0 Å². The van der Waals surface area contributed by atoms with Crippen molar-refractivity contribution in [1.29, 1.82) is 0 Å². The molecule has 2 aliphatic carbocycles. The predicted octanol–water partition coefficient (Wildman–Crippen LogP) is 4.12. The first-order valence-corrected chi connectivity index (χ1v) is 12.3. The summed E-state index contributed by atoms with van der Waals surface area (Å²) in [5, 5.41) is 11.3. The van der Waals surface area contributed by atoms with Gasteiger partial charge in [0.1, 0.15) is 5.82 Å². The van der Waals surface area contributed by atoms with Gasteiger partial charge >= 0.3 is 0 Å². The molecule has 1 aromatic carbocycles. The zero-order valence-electron chi connectivity index (χ0n) is 19.6. The highest BCUT2D eigenvalue weighted by atomic mass is 32.1. The molecule has 0 spiro atoms. The molecule has 7 heteroatoms. The number of aryl methyl sites for hydroxylation is 2. The van der Waals surface area contributed by atoms with E-state index in [2.05, 4.69) is 66.1 Å². The Morgan fingerprint density at radius 1 is 1.03 bits per heavy atom. The van der Waals surface area contributed by atoms with Crippen LogP contribution in [0.1, 0.15) is 60.9 Å². The van der Waals surface area contributed by atoms with E-state index in [9.17, 15) is 0 Å². The number of thiocarbonyl (C=S) groups is 1. The topological polar surface area (TPSA) is 65.1 Å². The van der Waals surface area contributed by atoms with Gasteiger partial charge in [-0.2, -0.15) is 4.98 Å². The van der Waals surface area contributed by atoms with Crippen molar-refractivity contribution in [3.63, 3.8) is 0 Å². The van der Waals surface area contributed by atoms with E-state index in [1.54, 1.807) is 0 Å². The standard InChI is InChI=1S/C25H36N6S/c1-17-8-4-5-9-18(17)16-26-25(32)28-20-14-12-19(13-15-20)27-24-29-22-11-7-6-10-21(22)23(30-24)31(2)3/h4-5,8-9,19-20H,6-7,10-16H2,1-3H3,(H2,26,28,32)(H,27,29,30). The fourth-order valence-corrected chi connectivity index (χ4v) is 5.03. The molecule has 32 heavy (non-hydrogen) atoms. The molecule has 0 aliphatic heterocycles. The lowest BCUT2D eigenvalue weighted by atomic mass is 9.91. The smallest absolute Gasteiger partial charge is 0.225 e. The van der Waals surface area contributed by atoms with E-state index in [-0.39, 0.29) is 0 Å². The summed E-state index contributed by atoms with van der Waals surface area (Å²) in [6, 6.07) is 9.26. The quantitative estimate of drug-likeness (QED) is 0.570. The second-order valence-corrected chi connectivity index (χ2v) is 9.75. The van der Waals surface area contributed by atoms with Crippen LogP contribution in [0.25, 0.3) is 0 Å². The first-order chi connectivity index (χ1) is 15.5. The maximum atomic E-state index is 5.54. The molecule has 0 amide bonds. The molecule has 4 rings (SSSR count). The number of anilines is 2. The van der Waals surface area contributed by atoms with Crippen LogP contribution in [0.2, 0.25) is 0 Å². The fourth-order valence-electron chi connectivity index (χ4n) is 4.79. The van der Waals surface area contributed by atoms with Crippen molar-refractivity contribution in [2.45, 2.75) is 76.9 Å². The zero-order valence-corrected chi connectivity index (χ0v) is 20.4. The Kier molecular flexibility index (Phi) is 7.45. The highest BCUT2D eigenvalue weighted by Gasteiger charge is 2.24. The first-order valence-electron chi connectivity index (χ1n) is 11.9. The second kappa shape index (κ2) is 10.5. The Morgan fingerprint density at radius 3 is 2.50 bits per heavy atom. The number of fused-ring (bicyclic) bond motifs is 1. The largest absolute Gasteiger partial charge is 0.362 e. The van der Waals surface area contributed by atoms with Crippen LogP contribution < -0.4 is 20.9 Å². The lowest BCUT2D eigenvalue weighted by Crippen LogP contribution is -2.44. The van der Waals surface area contributed by atoms with E-state index >= 15 is 0 Å².